The molecule has 0 fully saturated rings. The first-order valence-electron chi connectivity index (χ1n) is 9.83. The fourth-order valence-corrected chi connectivity index (χ4v) is 2.90. The van der Waals surface area contributed by atoms with Crippen LogP contribution < -0.4 is 0 Å². The molecule has 2 aromatic rings. The zero-order valence-electron chi connectivity index (χ0n) is 17.2. The summed E-state index contributed by atoms with van der Waals surface area (Å²) in [5.41, 5.74) is 8.87. The first-order valence-corrected chi connectivity index (χ1v) is 9.83. The van der Waals surface area contributed by atoms with Gasteiger partial charge in [-0.25, -0.2) is 0 Å². The number of rotatable bonds is 6. The molecule has 0 saturated carbocycles. The van der Waals surface area contributed by atoms with Crippen LogP contribution in [-0.2, 0) is 57.1 Å². The van der Waals surface area contributed by atoms with Crippen molar-refractivity contribution in [3.05, 3.63) is 69.8 Å². The topological polar surface area (TPSA) is 0 Å². The van der Waals surface area contributed by atoms with E-state index < -0.39 is 0 Å². The van der Waals surface area contributed by atoms with Gasteiger partial charge < -0.3 is 0 Å². The quantitative estimate of drug-likeness (QED) is 0.524. The van der Waals surface area contributed by atoms with E-state index in [0.29, 0.717) is 0 Å². The fraction of sp³-hybridized carbons (Fsp3) is 0.500. The monoisotopic (exact) mass is 375 g/mol. The smallest absolute Gasteiger partial charge is 0 e. The minimum Gasteiger partial charge on any atom is -0.0613 e. The second-order valence-corrected chi connectivity index (χ2v) is 6.44. The van der Waals surface area contributed by atoms with Crippen LogP contribution in [0.3, 0.4) is 0 Å². The second kappa shape index (κ2) is 13.3. The van der Waals surface area contributed by atoms with Crippen molar-refractivity contribution >= 4 is 0 Å². The maximum atomic E-state index is 2.32. The summed E-state index contributed by atoms with van der Waals surface area (Å²) in [5.74, 6) is 0. The molecule has 0 N–H and O–H groups in total. The average Bonchev–Trinajstić information content (AvgIpc) is 2.67. The van der Waals surface area contributed by atoms with Crippen LogP contribution in [0.1, 0.15) is 74.9 Å². The first-order chi connectivity index (χ1) is 11.6. The summed E-state index contributed by atoms with van der Waals surface area (Å²) in [7, 11) is 0. The van der Waals surface area contributed by atoms with E-state index in [1.807, 2.05) is 0 Å². The predicted octanol–water partition coefficient (Wildman–Crippen LogP) is 6.75. The molecule has 25 heavy (non-hydrogen) atoms. The van der Waals surface area contributed by atoms with Gasteiger partial charge >= 0.3 is 0 Å². The summed E-state index contributed by atoms with van der Waals surface area (Å²) in [5, 5.41) is 0. The van der Waals surface area contributed by atoms with Crippen molar-refractivity contribution in [2.24, 2.45) is 0 Å². The van der Waals surface area contributed by atoms with Crippen molar-refractivity contribution < 1.29 is 18.6 Å². The van der Waals surface area contributed by atoms with Crippen LogP contribution in [0.15, 0.2) is 36.4 Å². The third-order valence-corrected chi connectivity index (χ3v) is 4.67. The Hall–Kier alpha value is -0.976. The molecule has 0 saturated heterocycles. The molecular formula is C24H36V. The van der Waals surface area contributed by atoms with Crippen molar-refractivity contribution in [1.82, 2.24) is 0 Å². The Bertz CT molecular complexity index is 448. The van der Waals surface area contributed by atoms with Gasteiger partial charge in [-0.1, -0.05) is 77.9 Å². The Morgan fingerprint density at radius 2 is 0.480 bits per heavy atom. The molecule has 0 amide bonds. The molecule has 0 unspecified atom stereocenters. The molecule has 0 atom stereocenters. The van der Waals surface area contributed by atoms with Gasteiger partial charge in [0.05, 0.1) is 0 Å². The van der Waals surface area contributed by atoms with E-state index in [1.165, 1.54) is 33.4 Å². The maximum absolute atomic E-state index is 2.32. The van der Waals surface area contributed by atoms with Crippen LogP contribution in [0.25, 0.3) is 0 Å². The maximum Gasteiger partial charge on any atom is 0 e. The van der Waals surface area contributed by atoms with E-state index in [-0.39, 0.29) is 18.6 Å². The van der Waals surface area contributed by atoms with Gasteiger partial charge in [-0.15, -0.1) is 0 Å². The number of benzene rings is 2. The molecule has 1 radical (unpaired) electrons. The first kappa shape index (κ1) is 24.0. The Labute approximate surface area is 168 Å². The predicted molar refractivity (Wildman–Crippen MR) is 109 cm³/mol. The van der Waals surface area contributed by atoms with Crippen LogP contribution in [0.4, 0.5) is 0 Å². The van der Waals surface area contributed by atoms with Gasteiger partial charge in [0.15, 0.2) is 0 Å². The molecule has 0 spiro atoms. The summed E-state index contributed by atoms with van der Waals surface area (Å²) in [6.45, 7) is 13.3. The Morgan fingerprint density at radius 1 is 0.360 bits per heavy atom. The van der Waals surface area contributed by atoms with E-state index in [9.17, 15) is 0 Å². The Kier molecular flexibility index (Phi) is 12.7. The van der Waals surface area contributed by atoms with Crippen molar-refractivity contribution in [2.45, 2.75) is 80.1 Å². The van der Waals surface area contributed by atoms with Crippen molar-refractivity contribution in [3.8, 4) is 0 Å². The molecular weight excluding hydrogens is 339 g/mol. The van der Waals surface area contributed by atoms with Crippen molar-refractivity contribution in [2.75, 3.05) is 0 Å². The molecule has 2 aromatic carbocycles. The number of hydrogen-bond acceptors (Lipinski definition) is 0. The largest absolute Gasteiger partial charge is 0.0613 e. The average molecular weight is 375 g/mol. The van der Waals surface area contributed by atoms with Crippen molar-refractivity contribution in [3.63, 3.8) is 0 Å². The van der Waals surface area contributed by atoms with Crippen LogP contribution in [-0.4, -0.2) is 0 Å². The van der Waals surface area contributed by atoms with Gasteiger partial charge in [0.2, 0.25) is 0 Å². The third kappa shape index (κ3) is 8.30. The van der Waals surface area contributed by atoms with Gasteiger partial charge in [0.25, 0.3) is 0 Å². The molecule has 0 nitrogen and oxygen atoms in total. The van der Waals surface area contributed by atoms with Crippen LogP contribution in [0, 0.1) is 0 Å². The molecule has 0 aliphatic heterocycles. The zero-order chi connectivity index (χ0) is 17.9. The summed E-state index contributed by atoms with van der Waals surface area (Å²) in [6, 6.07) is 13.9. The van der Waals surface area contributed by atoms with Gasteiger partial charge in [-0.05, 0) is 71.9 Å². The number of aryl methyl sites for hydroxylation is 6. The minimum atomic E-state index is 0. The van der Waals surface area contributed by atoms with E-state index in [2.05, 4.69) is 77.9 Å². The van der Waals surface area contributed by atoms with Crippen LogP contribution in [0.5, 0.6) is 0 Å². The summed E-state index contributed by atoms with van der Waals surface area (Å²) in [6.07, 6.45) is 6.92. The molecule has 2 rings (SSSR count). The molecule has 0 aromatic heterocycles. The molecule has 0 bridgehead atoms. The number of hydrogen-bond donors (Lipinski definition) is 0. The van der Waals surface area contributed by atoms with Crippen LogP contribution >= 0.6 is 0 Å². The van der Waals surface area contributed by atoms with E-state index in [1.54, 1.807) is 0 Å². The molecule has 0 aliphatic rings. The Balaban J connectivity index is 0.000000443. The molecule has 0 heterocycles. The SMILES string of the molecule is CCc1cc(CC)cc(CC)c1.CCc1cc(CC)cc(CC)c1.[V]. The van der Waals surface area contributed by atoms with Gasteiger partial charge in [-0.2, -0.15) is 0 Å². The van der Waals surface area contributed by atoms with E-state index in [0.717, 1.165) is 38.5 Å². The molecule has 137 valence electrons. The van der Waals surface area contributed by atoms with Gasteiger partial charge in [-0.3, -0.25) is 0 Å². The summed E-state index contributed by atoms with van der Waals surface area (Å²) >= 11 is 0. The molecule has 1 heteroatoms. The van der Waals surface area contributed by atoms with Gasteiger partial charge in [0.1, 0.15) is 0 Å². The normalized spacial score (nSPS) is 9.84. The summed E-state index contributed by atoms with van der Waals surface area (Å²) < 4.78 is 0. The van der Waals surface area contributed by atoms with Crippen LogP contribution in [0.2, 0.25) is 0 Å². The zero-order valence-corrected chi connectivity index (χ0v) is 18.6. The Morgan fingerprint density at radius 3 is 0.560 bits per heavy atom. The third-order valence-electron chi connectivity index (χ3n) is 4.67. The molecule has 0 aliphatic carbocycles. The van der Waals surface area contributed by atoms with Crippen molar-refractivity contribution in [1.29, 1.82) is 0 Å². The standard InChI is InChI=1S/2C12H18.V/c2*1-4-10-7-11(5-2)9-12(6-3)8-10;/h2*7-9H,4-6H2,1-3H3;. The second-order valence-electron chi connectivity index (χ2n) is 6.44. The van der Waals surface area contributed by atoms with E-state index in [4.69, 9.17) is 0 Å². The minimum absolute atomic E-state index is 0. The van der Waals surface area contributed by atoms with E-state index >= 15 is 0 Å². The summed E-state index contributed by atoms with van der Waals surface area (Å²) in [4.78, 5) is 0. The van der Waals surface area contributed by atoms with Gasteiger partial charge in [0, 0.05) is 18.6 Å². The fourth-order valence-electron chi connectivity index (χ4n) is 2.90.